The predicted molar refractivity (Wildman–Crippen MR) is 49.2 cm³/mol. The molecule has 0 bridgehead atoms. The van der Waals surface area contributed by atoms with Crippen molar-refractivity contribution in [3.63, 3.8) is 0 Å². The highest BCUT2D eigenvalue weighted by Gasteiger charge is 2.05. The van der Waals surface area contributed by atoms with E-state index in [0.717, 1.165) is 19.3 Å². The predicted octanol–water partition coefficient (Wildman–Crippen LogP) is 1.56. The monoisotopic (exact) mass is 201 g/mol. The highest BCUT2D eigenvalue weighted by Crippen LogP contribution is 2.36. The Bertz CT molecular complexity index is 127. The first-order valence-corrected chi connectivity index (χ1v) is 5.89. The third kappa shape index (κ3) is 13.5. The molecule has 0 unspecified atom stereocenters. The van der Waals surface area contributed by atoms with Crippen LogP contribution in [0.1, 0.15) is 26.2 Å². The Morgan fingerprint density at radius 3 is 2.27 bits per heavy atom. The average Bonchev–Trinajstić information content (AvgIpc) is 1.78. The summed E-state index contributed by atoms with van der Waals surface area (Å²) in [7, 11) is 0. The SMILES string of the molecule is CCCCCOP(O)(O)=S.N. The molecule has 11 heavy (non-hydrogen) atoms. The molecule has 0 spiro atoms. The third-order valence-electron chi connectivity index (χ3n) is 1.01. The smallest absolute Gasteiger partial charge is 0.321 e. The van der Waals surface area contributed by atoms with E-state index in [1.807, 2.05) is 0 Å². The second-order valence-electron chi connectivity index (χ2n) is 2.03. The lowest BCUT2D eigenvalue weighted by molar-refractivity contribution is 0.246. The van der Waals surface area contributed by atoms with Crippen LogP contribution in [0.5, 0.6) is 0 Å². The molecular formula is C5H16NO3PS. The second kappa shape index (κ2) is 7.16. The van der Waals surface area contributed by atoms with E-state index < -0.39 is 6.72 Å². The molecular weight excluding hydrogens is 185 g/mol. The lowest BCUT2D eigenvalue weighted by Crippen LogP contribution is -1.90. The van der Waals surface area contributed by atoms with Crippen molar-refractivity contribution in [2.45, 2.75) is 26.2 Å². The summed E-state index contributed by atoms with van der Waals surface area (Å²) in [6, 6.07) is 0. The van der Waals surface area contributed by atoms with E-state index >= 15 is 0 Å². The summed E-state index contributed by atoms with van der Waals surface area (Å²) in [6.07, 6.45) is 2.97. The van der Waals surface area contributed by atoms with Crippen molar-refractivity contribution >= 4 is 18.5 Å². The molecule has 0 saturated heterocycles. The zero-order valence-corrected chi connectivity index (χ0v) is 8.40. The van der Waals surface area contributed by atoms with Crippen molar-refractivity contribution < 1.29 is 14.3 Å². The highest BCUT2D eigenvalue weighted by atomic mass is 32.5. The highest BCUT2D eigenvalue weighted by molar-refractivity contribution is 8.06. The quantitative estimate of drug-likeness (QED) is 0.464. The van der Waals surface area contributed by atoms with E-state index in [9.17, 15) is 0 Å². The molecule has 0 amide bonds. The van der Waals surface area contributed by atoms with Crippen LogP contribution in [0.2, 0.25) is 0 Å². The molecule has 0 aromatic rings. The maximum absolute atomic E-state index is 8.58. The van der Waals surface area contributed by atoms with E-state index in [1.54, 1.807) is 0 Å². The minimum Gasteiger partial charge on any atom is -0.344 e. The molecule has 0 radical (unpaired) electrons. The van der Waals surface area contributed by atoms with Crippen LogP contribution >= 0.6 is 6.72 Å². The van der Waals surface area contributed by atoms with Gasteiger partial charge in [0.25, 0.3) is 0 Å². The maximum atomic E-state index is 8.58. The van der Waals surface area contributed by atoms with Crippen molar-refractivity contribution in [3.05, 3.63) is 0 Å². The summed E-state index contributed by atoms with van der Waals surface area (Å²) in [4.78, 5) is 17.2. The van der Waals surface area contributed by atoms with Crippen molar-refractivity contribution in [2.24, 2.45) is 0 Å². The maximum Gasteiger partial charge on any atom is 0.321 e. The zero-order chi connectivity index (χ0) is 8.04. The van der Waals surface area contributed by atoms with Crippen LogP contribution in [0, 0.1) is 0 Å². The van der Waals surface area contributed by atoms with Gasteiger partial charge in [-0.05, 0) is 18.2 Å². The molecule has 0 aliphatic carbocycles. The minimum absolute atomic E-state index is 0. The molecule has 0 atom stereocenters. The van der Waals surface area contributed by atoms with E-state index in [4.69, 9.17) is 9.79 Å². The van der Waals surface area contributed by atoms with Crippen LogP contribution in [0.15, 0.2) is 0 Å². The molecule has 0 saturated carbocycles. The molecule has 4 nitrogen and oxygen atoms in total. The summed E-state index contributed by atoms with van der Waals surface area (Å²) in [5.74, 6) is 0. The number of hydrogen-bond acceptors (Lipinski definition) is 3. The molecule has 5 N–H and O–H groups in total. The van der Waals surface area contributed by atoms with Crippen LogP contribution in [-0.4, -0.2) is 16.4 Å². The summed E-state index contributed by atoms with van der Waals surface area (Å²) in [6.45, 7) is -0.950. The number of unbranched alkanes of at least 4 members (excludes halogenated alkanes) is 2. The number of rotatable bonds is 5. The standard InChI is InChI=1S/C5H13O3PS.H3N/c1-2-3-4-5-8-9(6,7)10;/h2-5H2,1H3,(H2,6,7,10);1H3. The van der Waals surface area contributed by atoms with Crippen molar-refractivity contribution in [2.75, 3.05) is 6.61 Å². The first kappa shape index (κ1) is 14.0. The van der Waals surface area contributed by atoms with E-state index in [1.165, 1.54) is 0 Å². The van der Waals surface area contributed by atoms with Crippen molar-refractivity contribution in [1.82, 2.24) is 6.15 Å². The van der Waals surface area contributed by atoms with Gasteiger partial charge in [0.2, 0.25) is 0 Å². The molecule has 6 heteroatoms. The fourth-order valence-electron chi connectivity index (χ4n) is 0.536. The molecule has 70 valence electrons. The van der Waals surface area contributed by atoms with Crippen LogP contribution in [0.4, 0.5) is 0 Å². The van der Waals surface area contributed by atoms with Gasteiger partial charge in [-0.2, -0.15) is 0 Å². The van der Waals surface area contributed by atoms with Crippen molar-refractivity contribution in [1.29, 1.82) is 0 Å². The summed E-state index contributed by atoms with van der Waals surface area (Å²) < 4.78 is 4.57. The van der Waals surface area contributed by atoms with Gasteiger partial charge >= 0.3 is 6.72 Å². The largest absolute Gasteiger partial charge is 0.344 e. The summed E-state index contributed by atoms with van der Waals surface area (Å²) in [5.41, 5.74) is 0. The van der Waals surface area contributed by atoms with Crippen LogP contribution < -0.4 is 6.15 Å². The van der Waals surface area contributed by atoms with Crippen LogP contribution in [-0.2, 0) is 16.3 Å². The molecule has 0 aliphatic rings. The average molecular weight is 201 g/mol. The van der Waals surface area contributed by atoms with Gasteiger partial charge < -0.3 is 20.5 Å². The van der Waals surface area contributed by atoms with Crippen LogP contribution in [0.3, 0.4) is 0 Å². The van der Waals surface area contributed by atoms with Gasteiger partial charge in [-0.1, -0.05) is 19.8 Å². The van der Waals surface area contributed by atoms with Gasteiger partial charge in [-0.3, -0.25) is 0 Å². The minimum atomic E-state index is -3.37. The lowest BCUT2D eigenvalue weighted by Gasteiger charge is -2.06. The Labute approximate surface area is 72.4 Å². The summed E-state index contributed by atoms with van der Waals surface area (Å²) >= 11 is 4.23. The molecule has 0 rings (SSSR count). The fraction of sp³-hybridized carbons (Fsp3) is 1.00. The first-order valence-electron chi connectivity index (χ1n) is 3.26. The van der Waals surface area contributed by atoms with Gasteiger partial charge in [-0.15, -0.1) is 0 Å². The van der Waals surface area contributed by atoms with Gasteiger partial charge in [-0.25, -0.2) is 0 Å². The molecule has 0 fully saturated rings. The molecule has 0 aromatic heterocycles. The lowest BCUT2D eigenvalue weighted by atomic mass is 10.3. The van der Waals surface area contributed by atoms with E-state index in [2.05, 4.69) is 23.3 Å². The second-order valence-corrected chi connectivity index (χ2v) is 4.70. The Balaban J connectivity index is 0. The van der Waals surface area contributed by atoms with Crippen LogP contribution in [0.25, 0.3) is 0 Å². The Hall–Kier alpha value is 0.490. The zero-order valence-electron chi connectivity index (χ0n) is 6.69. The van der Waals surface area contributed by atoms with E-state index in [0.29, 0.717) is 6.61 Å². The van der Waals surface area contributed by atoms with E-state index in [-0.39, 0.29) is 6.15 Å². The van der Waals surface area contributed by atoms with Gasteiger partial charge in [0.1, 0.15) is 0 Å². The number of hydrogen-bond donors (Lipinski definition) is 3. The van der Waals surface area contributed by atoms with Gasteiger partial charge in [0, 0.05) is 0 Å². The third-order valence-corrected chi connectivity index (χ3v) is 1.84. The fourth-order valence-corrected chi connectivity index (χ4v) is 1.13. The summed E-state index contributed by atoms with van der Waals surface area (Å²) in [5, 5.41) is 0. The Morgan fingerprint density at radius 2 is 1.91 bits per heavy atom. The van der Waals surface area contributed by atoms with Crippen molar-refractivity contribution in [3.8, 4) is 0 Å². The normalized spacial score (nSPS) is 10.8. The molecule has 0 heterocycles. The molecule has 0 aromatic carbocycles. The Kier molecular flexibility index (Phi) is 9.13. The molecule has 0 aliphatic heterocycles. The first-order chi connectivity index (χ1) is 4.56. The Morgan fingerprint density at radius 1 is 1.36 bits per heavy atom. The topological polar surface area (TPSA) is 84.7 Å². The van der Waals surface area contributed by atoms with Gasteiger partial charge in [0.15, 0.2) is 0 Å². The van der Waals surface area contributed by atoms with Gasteiger partial charge in [0.05, 0.1) is 6.61 Å².